The van der Waals surface area contributed by atoms with Gasteiger partial charge in [-0.1, -0.05) is 17.7 Å². The molecule has 1 aromatic carbocycles. The van der Waals surface area contributed by atoms with Gasteiger partial charge in [0.15, 0.2) is 5.82 Å². The smallest absolute Gasteiger partial charge is 0.151 e. The van der Waals surface area contributed by atoms with Crippen LogP contribution in [0.1, 0.15) is 11.3 Å². The summed E-state index contributed by atoms with van der Waals surface area (Å²) in [6.07, 6.45) is 3.42. The molecule has 0 aliphatic carbocycles. The zero-order valence-corrected chi connectivity index (χ0v) is 10.1. The number of rotatable bonds is 3. The van der Waals surface area contributed by atoms with E-state index < -0.39 is 0 Å². The Morgan fingerprint density at radius 1 is 1.18 bits per heavy atom. The van der Waals surface area contributed by atoms with Crippen LogP contribution in [-0.2, 0) is 6.54 Å². The van der Waals surface area contributed by atoms with Gasteiger partial charge in [0.2, 0.25) is 0 Å². The number of hydrogen-bond donors (Lipinski definition) is 1. The summed E-state index contributed by atoms with van der Waals surface area (Å²) >= 11 is 0. The Bertz CT molecular complexity index is 493. The lowest BCUT2D eigenvalue weighted by atomic mass is 10.2. The molecule has 0 saturated heterocycles. The van der Waals surface area contributed by atoms with Gasteiger partial charge in [-0.05, 0) is 19.1 Å². The molecular weight excluding hydrogens is 212 g/mol. The van der Waals surface area contributed by atoms with E-state index in [1.54, 1.807) is 12.4 Å². The number of nitrogens with zero attached hydrogens (tertiary/aromatic N) is 3. The fraction of sp³-hybridized carbons (Fsp3) is 0.231. The number of aryl methyl sites for hydroxylation is 1. The highest BCUT2D eigenvalue weighted by Gasteiger charge is 2.05. The van der Waals surface area contributed by atoms with Crippen LogP contribution < -0.4 is 10.6 Å². The van der Waals surface area contributed by atoms with E-state index >= 15 is 0 Å². The lowest BCUT2D eigenvalue weighted by molar-refractivity contribution is 0.946. The topological polar surface area (TPSA) is 55.0 Å². The van der Waals surface area contributed by atoms with Crippen molar-refractivity contribution in [1.29, 1.82) is 0 Å². The van der Waals surface area contributed by atoms with Gasteiger partial charge in [0, 0.05) is 25.5 Å². The van der Waals surface area contributed by atoms with Gasteiger partial charge in [-0.3, -0.25) is 4.98 Å². The minimum atomic E-state index is 0.405. The van der Waals surface area contributed by atoms with Crippen molar-refractivity contribution in [3.05, 3.63) is 47.9 Å². The summed E-state index contributed by atoms with van der Waals surface area (Å²) in [5, 5.41) is 0. The summed E-state index contributed by atoms with van der Waals surface area (Å²) < 4.78 is 0. The minimum Gasteiger partial charge on any atom is -0.328 e. The molecule has 0 atom stereocenters. The zero-order chi connectivity index (χ0) is 12.3. The summed E-state index contributed by atoms with van der Waals surface area (Å²) in [5.41, 5.74) is 8.67. The average Bonchev–Trinajstić information content (AvgIpc) is 2.39. The maximum absolute atomic E-state index is 5.56. The van der Waals surface area contributed by atoms with Crippen molar-refractivity contribution >= 4 is 11.5 Å². The van der Waals surface area contributed by atoms with Crippen LogP contribution in [0.2, 0.25) is 0 Å². The summed E-state index contributed by atoms with van der Waals surface area (Å²) in [4.78, 5) is 10.6. The van der Waals surface area contributed by atoms with Crippen LogP contribution in [0.25, 0.3) is 0 Å². The number of nitrogens with two attached hydrogens (primary N) is 1. The van der Waals surface area contributed by atoms with E-state index in [1.807, 2.05) is 11.9 Å². The molecule has 17 heavy (non-hydrogen) atoms. The van der Waals surface area contributed by atoms with Gasteiger partial charge in [0.25, 0.3) is 0 Å². The normalized spacial score (nSPS) is 10.3. The van der Waals surface area contributed by atoms with Gasteiger partial charge in [-0.2, -0.15) is 0 Å². The Balaban J connectivity index is 2.29. The summed E-state index contributed by atoms with van der Waals surface area (Å²) in [5.74, 6) is 0.803. The van der Waals surface area contributed by atoms with Crippen molar-refractivity contribution in [1.82, 2.24) is 9.97 Å². The average molecular weight is 228 g/mol. The van der Waals surface area contributed by atoms with E-state index in [1.165, 1.54) is 5.56 Å². The molecule has 0 saturated carbocycles. The SMILES string of the molecule is Cc1ccc(N(C)c2cncc(CN)n2)cc1. The van der Waals surface area contributed by atoms with Gasteiger partial charge in [-0.15, -0.1) is 0 Å². The quantitative estimate of drug-likeness (QED) is 0.873. The van der Waals surface area contributed by atoms with E-state index in [2.05, 4.69) is 41.2 Å². The molecule has 88 valence electrons. The molecule has 0 radical (unpaired) electrons. The first-order chi connectivity index (χ1) is 8.20. The molecule has 0 fully saturated rings. The summed E-state index contributed by atoms with van der Waals surface area (Å²) in [6.45, 7) is 2.47. The first kappa shape index (κ1) is 11.5. The molecule has 2 rings (SSSR count). The Hall–Kier alpha value is -1.94. The van der Waals surface area contributed by atoms with Crippen LogP contribution in [0.4, 0.5) is 11.5 Å². The van der Waals surface area contributed by atoms with Crippen molar-refractivity contribution in [2.75, 3.05) is 11.9 Å². The monoisotopic (exact) mass is 228 g/mol. The van der Waals surface area contributed by atoms with Crippen molar-refractivity contribution in [3.63, 3.8) is 0 Å². The second kappa shape index (κ2) is 4.93. The predicted octanol–water partition coefficient (Wildman–Crippen LogP) is 2.01. The fourth-order valence-corrected chi connectivity index (χ4v) is 1.56. The third kappa shape index (κ3) is 2.60. The molecule has 0 unspecified atom stereocenters. The standard InChI is InChI=1S/C13H16N4/c1-10-3-5-12(6-4-10)17(2)13-9-15-8-11(7-14)16-13/h3-6,8-9H,7,14H2,1-2H3. The van der Waals surface area contributed by atoms with Gasteiger partial charge >= 0.3 is 0 Å². The second-order valence-corrected chi connectivity index (χ2v) is 3.97. The number of benzene rings is 1. The summed E-state index contributed by atoms with van der Waals surface area (Å²) in [7, 11) is 1.97. The first-order valence-electron chi connectivity index (χ1n) is 5.52. The molecule has 0 aliphatic heterocycles. The third-order valence-corrected chi connectivity index (χ3v) is 2.65. The maximum atomic E-state index is 5.56. The number of aromatic nitrogens is 2. The van der Waals surface area contributed by atoms with E-state index in [0.717, 1.165) is 17.2 Å². The van der Waals surface area contributed by atoms with Crippen LogP contribution in [0, 0.1) is 6.92 Å². The Kier molecular flexibility index (Phi) is 3.35. The predicted molar refractivity (Wildman–Crippen MR) is 69.2 cm³/mol. The Morgan fingerprint density at radius 3 is 2.53 bits per heavy atom. The molecular formula is C13H16N4. The first-order valence-corrected chi connectivity index (χ1v) is 5.52. The Labute approximate surface area is 101 Å². The molecule has 1 aromatic heterocycles. The fourth-order valence-electron chi connectivity index (χ4n) is 1.56. The second-order valence-electron chi connectivity index (χ2n) is 3.97. The largest absolute Gasteiger partial charge is 0.328 e. The lowest BCUT2D eigenvalue weighted by Gasteiger charge is -2.18. The number of hydrogen-bond acceptors (Lipinski definition) is 4. The van der Waals surface area contributed by atoms with Crippen molar-refractivity contribution in [3.8, 4) is 0 Å². The van der Waals surface area contributed by atoms with Gasteiger partial charge in [0.05, 0.1) is 11.9 Å². The molecule has 2 N–H and O–H groups in total. The van der Waals surface area contributed by atoms with E-state index in [0.29, 0.717) is 6.54 Å². The highest BCUT2D eigenvalue weighted by atomic mass is 15.2. The third-order valence-electron chi connectivity index (χ3n) is 2.65. The van der Waals surface area contributed by atoms with Crippen LogP contribution in [0.3, 0.4) is 0 Å². The molecule has 4 heteroatoms. The van der Waals surface area contributed by atoms with Crippen molar-refractivity contribution in [2.45, 2.75) is 13.5 Å². The lowest BCUT2D eigenvalue weighted by Crippen LogP contribution is -2.13. The minimum absolute atomic E-state index is 0.405. The van der Waals surface area contributed by atoms with Crippen molar-refractivity contribution in [2.24, 2.45) is 5.73 Å². The maximum Gasteiger partial charge on any atom is 0.151 e. The van der Waals surface area contributed by atoms with Crippen LogP contribution in [0.5, 0.6) is 0 Å². The Morgan fingerprint density at radius 2 is 1.88 bits per heavy atom. The summed E-state index contributed by atoms with van der Waals surface area (Å²) in [6, 6.07) is 8.27. The van der Waals surface area contributed by atoms with Crippen LogP contribution in [0.15, 0.2) is 36.7 Å². The molecule has 4 nitrogen and oxygen atoms in total. The molecule has 2 aromatic rings. The van der Waals surface area contributed by atoms with E-state index in [4.69, 9.17) is 5.73 Å². The molecule has 0 amide bonds. The molecule has 1 heterocycles. The van der Waals surface area contributed by atoms with Crippen LogP contribution >= 0.6 is 0 Å². The van der Waals surface area contributed by atoms with Crippen LogP contribution in [-0.4, -0.2) is 17.0 Å². The van der Waals surface area contributed by atoms with Gasteiger partial charge in [0.1, 0.15) is 0 Å². The zero-order valence-electron chi connectivity index (χ0n) is 10.1. The van der Waals surface area contributed by atoms with E-state index in [9.17, 15) is 0 Å². The van der Waals surface area contributed by atoms with E-state index in [-0.39, 0.29) is 0 Å². The van der Waals surface area contributed by atoms with Crippen molar-refractivity contribution < 1.29 is 0 Å². The number of anilines is 2. The molecule has 0 spiro atoms. The van der Waals surface area contributed by atoms with Gasteiger partial charge in [-0.25, -0.2) is 4.98 Å². The molecule has 0 bridgehead atoms. The molecule has 0 aliphatic rings. The highest BCUT2D eigenvalue weighted by molar-refractivity contribution is 5.58. The van der Waals surface area contributed by atoms with Gasteiger partial charge < -0.3 is 10.6 Å². The highest BCUT2D eigenvalue weighted by Crippen LogP contribution is 2.21.